The summed E-state index contributed by atoms with van der Waals surface area (Å²) in [5.41, 5.74) is 3.46. The van der Waals surface area contributed by atoms with Crippen LogP contribution in [-0.2, 0) is 25.8 Å². The third kappa shape index (κ3) is 9.13. The van der Waals surface area contributed by atoms with Gasteiger partial charge in [-0.15, -0.1) is 0 Å². The second kappa shape index (κ2) is 11.7. The van der Waals surface area contributed by atoms with Crippen LogP contribution in [0, 0.1) is 0 Å². The molecule has 0 aromatic heterocycles. The smallest absolute Gasteiger partial charge is 0.305 e. The minimum Gasteiger partial charge on any atom is -0.466 e. The Morgan fingerprint density at radius 2 is 1.68 bits per heavy atom. The molecule has 1 aromatic rings. The lowest BCUT2D eigenvalue weighted by Crippen LogP contribution is -2.23. The Balaban J connectivity index is 1.94. The van der Waals surface area contributed by atoms with E-state index in [1.165, 1.54) is 0 Å². The van der Waals surface area contributed by atoms with E-state index in [4.69, 9.17) is 9.57 Å². The number of ether oxygens (including phenoxy) is 1. The van der Waals surface area contributed by atoms with Gasteiger partial charge in [0.15, 0.2) is 0 Å². The van der Waals surface area contributed by atoms with Crippen LogP contribution in [0.5, 0.6) is 0 Å². The highest BCUT2D eigenvalue weighted by molar-refractivity contribution is 5.74. The first-order chi connectivity index (χ1) is 10.7. The monoisotopic (exact) mass is 307 g/mol. The van der Waals surface area contributed by atoms with Gasteiger partial charge < -0.3 is 4.74 Å². The molecular weight excluding hydrogens is 282 g/mol. The molecular formula is C17H25NO4. The average Bonchev–Trinajstić information content (AvgIpc) is 2.52. The van der Waals surface area contributed by atoms with Gasteiger partial charge in [0.1, 0.15) is 0 Å². The molecule has 0 saturated heterocycles. The quantitative estimate of drug-likeness (QED) is 0.387. The summed E-state index contributed by atoms with van der Waals surface area (Å²) < 4.78 is 4.85. The van der Waals surface area contributed by atoms with E-state index < -0.39 is 0 Å². The van der Waals surface area contributed by atoms with Crippen molar-refractivity contribution in [2.24, 2.45) is 0 Å². The van der Waals surface area contributed by atoms with Crippen molar-refractivity contribution in [2.75, 3.05) is 6.61 Å². The van der Waals surface area contributed by atoms with Gasteiger partial charge in [0, 0.05) is 12.8 Å². The van der Waals surface area contributed by atoms with E-state index in [9.17, 15) is 9.59 Å². The van der Waals surface area contributed by atoms with Gasteiger partial charge in [-0.3, -0.25) is 14.4 Å². The van der Waals surface area contributed by atoms with Gasteiger partial charge in [0.2, 0.25) is 5.91 Å². The summed E-state index contributed by atoms with van der Waals surface area (Å²) in [4.78, 5) is 27.8. The van der Waals surface area contributed by atoms with Crippen LogP contribution in [-0.4, -0.2) is 18.5 Å². The van der Waals surface area contributed by atoms with Crippen molar-refractivity contribution in [3.8, 4) is 0 Å². The Kier molecular flexibility index (Phi) is 9.70. The Hall–Kier alpha value is -1.88. The molecule has 0 atom stereocenters. The van der Waals surface area contributed by atoms with Gasteiger partial charge in [0.05, 0.1) is 13.2 Å². The summed E-state index contributed by atoms with van der Waals surface area (Å²) in [6, 6.07) is 9.67. The van der Waals surface area contributed by atoms with Crippen molar-refractivity contribution in [3.63, 3.8) is 0 Å². The topological polar surface area (TPSA) is 64.6 Å². The summed E-state index contributed by atoms with van der Waals surface area (Å²) in [5.74, 6) is -0.254. The first-order valence-corrected chi connectivity index (χ1v) is 7.82. The number of hydrogen-bond acceptors (Lipinski definition) is 4. The van der Waals surface area contributed by atoms with E-state index in [-0.39, 0.29) is 11.9 Å². The molecule has 1 aromatic carbocycles. The fourth-order valence-electron chi connectivity index (χ4n) is 1.97. The molecule has 0 aliphatic carbocycles. The lowest BCUT2D eigenvalue weighted by molar-refractivity contribution is -0.143. The summed E-state index contributed by atoms with van der Waals surface area (Å²) in [6.07, 6.45) is 4.35. The first kappa shape index (κ1) is 18.2. The highest BCUT2D eigenvalue weighted by Gasteiger charge is 2.03. The minimum absolute atomic E-state index is 0.110. The Bertz CT molecular complexity index is 434. The van der Waals surface area contributed by atoms with E-state index in [2.05, 4.69) is 5.48 Å². The molecule has 0 aliphatic heterocycles. The lowest BCUT2D eigenvalue weighted by Gasteiger charge is -2.06. The zero-order valence-electron chi connectivity index (χ0n) is 13.2. The van der Waals surface area contributed by atoms with Crippen molar-refractivity contribution in [1.29, 1.82) is 0 Å². The molecule has 0 heterocycles. The molecule has 1 N–H and O–H groups in total. The number of hydrogen-bond donors (Lipinski definition) is 1. The second-order valence-corrected chi connectivity index (χ2v) is 5.02. The van der Waals surface area contributed by atoms with E-state index in [0.717, 1.165) is 31.2 Å². The summed E-state index contributed by atoms with van der Waals surface area (Å²) in [6.45, 7) is 2.60. The SMILES string of the molecule is CCOC(=O)CCCCCCC(=O)NOCc1ccccc1. The predicted octanol–water partition coefficient (Wildman–Crippen LogP) is 3.14. The van der Waals surface area contributed by atoms with Crippen LogP contribution < -0.4 is 5.48 Å². The van der Waals surface area contributed by atoms with Gasteiger partial charge in [-0.2, -0.15) is 0 Å². The maximum Gasteiger partial charge on any atom is 0.305 e. The molecule has 22 heavy (non-hydrogen) atoms. The highest BCUT2D eigenvalue weighted by atomic mass is 16.6. The number of esters is 1. The Morgan fingerprint density at radius 1 is 1.00 bits per heavy atom. The van der Waals surface area contributed by atoms with Gasteiger partial charge in [-0.25, -0.2) is 5.48 Å². The van der Waals surface area contributed by atoms with Crippen molar-refractivity contribution < 1.29 is 19.2 Å². The van der Waals surface area contributed by atoms with Crippen LogP contribution in [0.2, 0.25) is 0 Å². The summed E-state index contributed by atoms with van der Waals surface area (Å²) in [5, 5.41) is 0. The molecule has 0 aliphatic rings. The maximum absolute atomic E-state index is 11.5. The third-order valence-electron chi connectivity index (χ3n) is 3.11. The molecule has 5 heteroatoms. The van der Waals surface area contributed by atoms with Gasteiger partial charge in [-0.05, 0) is 25.3 Å². The predicted molar refractivity (Wildman–Crippen MR) is 83.7 cm³/mol. The summed E-state index contributed by atoms with van der Waals surface area (Å²) in [7, 11) is 0. The first-order valence-electron chi connectivity index (χ1n) is 7.82. The normalized spacial score (nSPS) is 10.2. The van der Waals surface area contributed by atoms with Crippen LogP contribution in [0.3, 0.4) is 0 Å². The number of nitrogens with one attached hydrogen (secondary N) is 1. The fraction of sp³-hybridized carbons (Fsp3) is 0.529. The van der Waals surface area contributed by atoms with Crippen molar-refractivity contribution in [3.05, 3.63) is 35.9 Å². The third-order valence-corrected chi connectivity index (χ3v) is 3.11. The highest BCUT2D eigenvalue weighted by Crippen LogP contribution is 2.06. The number of carbonyl (C=O) groups is 2. The van der Waals surface area contributed by atoms with Crippen LogP contribution >= 0.6 is 0 Å². The number of benzene rings is 1. The largest absolute Gasteiger partial charge is 0.466 e. The fourth-order valence-corrected chi connectivity index (χ4v) is 1.97. The van der Waals surface area contributed by atoms with E-state index in [0.29, 0.717) is 26.1 Å². The number of rotatable bonds is 11. The second-order valence-electron chi connectivity index (χ2n) is 5.02. The standard InChI is InChI=1S/C17H25NO4/c1-2-21-17(20)13-9-4-3-8-12-16(19)18-22-14-15-10-6-5-7-11-15/h5-7,10-11H,2-4,8-9,12-14H2,1H3,(H,18,19). The van der Waals surface area contributed by atoms with Gasteiger partial charge >= 0.3 is 5.97 Å². The number of carbonyl (C=O) groups excluding carboxylic acids is 2. The van der Waals surface area contributed by atoms with Crippen molar-refractivity contribution >= 4 is 11.9 Å². The molecule has 0 bridgehead atoms. The van der Waals surface area contributed by atoms with Crippen LogP contribution in [0.25, 0.3) is 0 Å². The van der Waals surface area contributed by atoms with E-state index in [1.807, 2.05) is 30.3 Å². The molecule has 1 amide bonds. The number of hydroxylamine groups is 1. The molecule has 0 saturated carbocycles. The number of unbranched alkanes of at least 4 members (excludes halogenated alkanes) is 3. The molecule has 0 spiro atoms. The van der Waals surface area contributed by atoms with E-state index in [1.54, 1.807) is 6.92 Å². The van der Waals surface area contributed by atoms with Gasteiger partial charge in [-0.1, -0.05) is 43.2 Å². The zero-order valence-corrected chi connectivity index (χ0v) is 13.2. The minimum atomic E-state index is -0.144. The molecule has 5 nitrogen and oxygen atoms in total. The molecule has 122 valence electrons. The van der Waals surface area contributed by atoms with Crippen LogP contribution in [0.4, 0.5) is 0 Å². The van der Waals surface area contributed by atoms with Gasteiger partial charge in [0.25, 0.3) is 0 Å². The molecule has 1 rings (SSSR count). The average molecular weight is 307 g/mol. The van der Waals surface area contributed by atoms with Crippen LogP contribution in [0.1, 0.15) is 51.0 Å². The zero-order chi connectivity index (χ0) is 16.0. The summed E-state index contributed by atoms with van der Waals surface area (Å²) >= 11 is 0. The number of amides is 1. The van der Waals surface area contributed by atoms with Crippen LogP contribution in [0.15, 0.2) is 30.3 Å². The van der Waals surface area contributed by atoms with E-state index >= 15 is 0 Å². The molecule has 0 radical (unpaired) electrons. The Labute approximate surface area is 131 Å². The van der Waals surface area contributed by atoms with Crippen molar-refractivity contribution in [1.82, 2.24) is 5.48 Å². The van der Waals surface area contributed by atoms with Crippen molar-refractivity contribution in [2.45, 2.75) is 52.1 Å². The maximum atomic E-state index is 11.5. The Morgan fingerprint density at radius 3 is 2.36 bits per heavy atom. The molecule has 0 fully saturated rings. The lowest BCUT2D eigenvalue weighted by atomic mass is 10.1. The molecule has 0 unspecified atom stereocenters.